The molecule has 7 nitrogen and oxygen atoms in total. The molecule has 0 N–H and O–H groups in total. The standard InChI is InChI=1S/C16H27NO6/c1-6-22-13(19)16(11-12(18)21-5)7-9-17(10-8-16)14(20)23-15(2,3)4/h6-11H2,1-5H3. The molecule has 0 spiro atoms. The zero-order valence-corrected chi connectivity index (χ0v) is 14.6. The van der Waals surface area contributed by atoms with E-state index >= 15 is 0 Å². The van der Waals surface area contributed by atoms with Gasteiger partial charge in [0, 0.05) is 13.1 Å². The molecule has 0 aromatic carbocycles. The van der Waals surface area contributed by atoms with Crippen LogP contribution in [0.25, 0.3) is 0 Å². The van der Waals surface area contributed by atoms with Crippen molar-refractivity contribution >= 4 is 18.0 Å². The van der Waals surface area contributed by atoms with Gasteiger partial charge in [-0.3, -0.25) is 9.59 Å². The minimum absolute atomic E-state index is 0.0372. The van der Waals surface area contributed by atoms with Crippen molar-refractivity contribution in [2.45, 2.75) is 52.6 Å². The lowest BCUT2D eigenvalue weighted by Crippen LogP contribution is -2.49. The number of ether oxygens (including phenoxy) is 3. The first-order valence-corrected chi connectivity index (χ1v) is 7.85. The molecular weight excluding hydrogens is 302 g/mol. The summed E-state index contributed by atoms with van der Waals surface area (Å²) in [5.41, 5.74) is -1.50. The minimum atomic E-state index is -0.929. The van der Waals surface area contributed by atoms with Gasteiger partial charge in [-0.2, -0.15) is 0 Å². The van der Waals surface area contributed by atoms with Crippen LogP contribution >= 0.6 is 0 Å². The van der Waals surface area contributed by atoms with Crippen LogP contribution in [0.3, 0.4) is 0 Å². The number of methoxy groups -OCH3 is 1. The number of hydrogen-bond acceptors (Lipinski definition) is 6. The highest BCUT2D eigenvalue weighted by Gasteiger charge is 2.46. The van der Waals surface area contributed by atoms with Crippen LogP contribution in [0.1, 0.15) is 47.0 Å². The average Bonchev–Trinajstić information content (AvgIpc) is 2.46. The highest BCUT2D eigenvalue weighted by atomic mass is 16.6. The molecule has 0 unspecified atom stereocenters. The van der Waals surface area contributed by atoms with Crippen molar-refractivity contribution in [2.75, 3.05) is 26.8 Å². The average molecular weight is 329 g/mol. The fraction of sp³-hybridized carbons (Fsp3) is 0.812. The summed E-state index contributed by atoms with van der Waals surface area (Å²) in [5.74, 6) is -0.863. The lowest BCUT2D eigenvalue weighted by atomic mass is 9.75. The number of esters is 2. The van der Waals surface area contributed by atoms with Crippen molar-refractivity contribution < 1.29 is 28.6 Å². The molecule has 0 aliphatic carbocycles. The zero-order valence-electron chi connectivity index (χ0n) is 14.6. The van der Waals surface area contributed by atoms with E-state index in [0.29, 0.717) is 25.9 Å². The van der Waals surface area contributed by atoms with Gasteiger partial charge < -0.3 is 19.1 Å². The van der Waals surface area contributed by atoms with Gasteiger partial charge >= 0.3 is 18.0 Å². The predicted molar refractivity (Wildman–Crippen MR) is 82.7 cm³/mol. The van der Waals surface area contributed by atoms with Gasteiger partial charge in [0.25, 0.3) is 0 Å². The van der Waals surface area contributed by atoms with Gasteiger partial charge in [-0.05, 0) is 40.5 Å². The maximum Gasteiger partial charge on any atom is 0.410 e. The normalized spacial score (nSPS) is 17.3. The van der Waals surface area contributed by atoms with Gasteiger partial charge in [0.05, 0.1) is 25.6 Å². The van der Waals surface area contributed by atoms with Gasteiger partial charge in [0.15, 0.2) is 0 Å². The molecule has 23 heavy (non-hydrogen) atoms. The number of hydrogen-bond donors (Lipinski definition) is 0. The Labute approximate surface area is 137 Å². The largest absolute Gasteiger partial charge is 0.469 e. The van der Waals surface area contributed by atoms with Crippen LogP contribution in [-0.2, 0) is 23.8 Å². The van der Waals surface area contributed by atoms with E-state index in [1.165, 1.54) is 7.11 Å². The Hall–Kier alpha value is -1.79. The smallest absolute Gasteiger partial charge is 0.410 e. The number of rotatable bonds is 4. The Morgan fingerprint density at radius 1 is 1.13 bits per heavy atom. The van der Waals surface area contributed by atoms with E-state index in [1.54, 1.807) is 32.6 Å². The zero-order chi connectivity index (χ0) is 17.7. The molecular formula is C16H27NO6. The number of piperidine rings is 1. The molecule has 1 saturated heterocycles. The summed E-state index contributed by atoms with van der Waals surface area (Å²) in [4.78, 5) is 37.6. The van der Waals surface area contributed by atoms with E-state index < -0.39 is 29.0 Å². The summed E-state index contributed by atoms with van der Waals surface area (Å²) in [6.07, 6.45) is 0.248. The maximum atomic E-state index is 12.3. The third-order valence-corrected chi connectivity index (χ3v) is 3.79. The number of nitrogens with zero attached hydrogens (tertiary/aromatic N) is 1. The molecule has 1 heterocycles. The quantitative estimate of drug-likeness (QED) is 0.580. The molecule has 0 atom stereocenters. The lowest BCUT2D eigenvalue weighted by Gasteiger charge is -2.39. The summed E-state index contributed by atoms with van der Waals surface area (Å²) < 4.78 is 15.2. The second kappa shape index (κ2) is 7.66. The van der Waals surface area contributed by atoms with Crippen LogP contribution in [0.15, 0.2) is 0 Å². The van der Waals surface area contributed by atoms with E-state index in [2.05, 4.69) is 0 Å². The first-order chi connectivity index (χ1) is 10.6. The van der Waals surface area contributed by atoms with Crippen molar-refractivity contribution in [3.8, 4) is 0 Å². The first kappa shape index (κ1) is 19.3. The van der Waals surface area contributed by atoms with Crippen molar-refractivity contribution in [2.24, 2.45) is 5.41 Å². The molecule has 0 aromatic heterocycles. The highest BCUT2D eigenvalue weighted by Crippen LogP contribution is 2.37. The number of carbonyl (C=O) groups excluding carboxylic acids is 3. The molecule has 0 aromatic rings. The first-order valence-electron chi connectivity index (χ1n) is 7.85. The van der Waals surface area contributed by atoms with E-state index in [9.17, 15) is 14.4 Å². The number of likely N-dealkylation sites (tertiary alicyclic amines) is 1. The molecule has 0 saturated carbocycles. The molecule has 0 bridgehead atoms. The minimum Gasteiger partial charge on any atom is -0.469 e. The van der Waals surface area contributed by atoms with Crippen molar-refractivity contribution in [1.82, 2.24) is 4.90 Å². The molecule has 1 aliphatic heterocycles. The Morgan fingerprint density at radius 3 is 2.13 bits per heavy atom. The van der Waals surface area contributed by atoms with E-state index in [4.69, 9.17) is 14.2 Å². The Bertz CT molecular complexity index is 446. The second-order valence-corrected chi connectivity index (χ2v) is 6.72. The molecule has 0 radical (unpaired) electrons. The van der Waals surface area contributed by atoms with Crippen LogP contribution in [0.2, 0.25) is 0 Å². The summed E-state index contributed by atoms with van der Waals surface area (Å²) >= 11 is 0. The molecule has 1 aliphatic rings. The van der Waals surface area contributed by atoms with Crippen LogP contribution in [0.5, 0.6) is 0 Å². The van der Waals surface area contributed by atoms with Crippen molar-refractivity contribution in [3.63, 3.8) is 0 Å². The van der Waals surface area contributed by atoms with Gasteiger partial charge in [-0.25, -0.2) is 4.79 Å². The van der Waals surface area contributed by atoms with E-state index in [0.717, 1.165) is 0 Å². The lowest BCUT2D eigenvalue weighted by molar-refractivity contribution is -0.164. The van der Waals surface area contributed by atoms with E-state index in [1.807, 2.05) is 0 Å². The van der Waals surface area contributed by atoms with Gasteiger partial charge in [0.1, 0.15) is 5.60 Å². The Balaban J connectivity index is 2.77. The molecule has 132 valence electrons. The topological polar surface area (TPSA) is 82.1 Å². The Kier molecular flexibility index (Phi) is 6.41. The predicted octanol–water partition coefficient (Wildman–Crippen LogP) is 2.13. The summed E-state index contributed by atoms with van der Waals surface area (Å²) in [6, 6.07) is 0. The fourth-order valence-corrected chi connectivity index (χ4v) is 2.53. The van der Waals surface area contributed by atoms with Crippen LogP contribution in [0.4, 0.5) is 4.79 Å². The number of carbonyl (C=O) groups is 3. The molecule has 1 fully saturated rings. The second-order valence-electron chi connectivity index (χ2n) is 6.72. The fourth-order valence-electron chi connectivity index (χ4n) is 2.53. The van der Waals surface area contributed by atoms with Crippen LogP contribution in [0, 0.1) is 5.41 Å². The third kappa shape index (κ3) is 5.41. The summed E-state index contributed by atoms with van der Waals surface area (Å²) in [6.45, 7) is 8.05. The molecule has 1 amide bonds. The van der Waals surface area contributed by atoms with Crippen LogP contribution in [-0.4, -0.2) is 55.3 Å². The van der Waals surface area contributed by atoms with E-state index in [-0.39, 0.29) is 13.0 Å². The maximum absolute atomic E-state index is 12.3. The summed E-state index contributed by atoms with van der Waals surface area (Å²) in [7, 11) is 1.29. The molecule has 1 rings (SSSR count). The van der Waals surface area contributed by atoms with Gasteiger partial charge in [-0.15, -0.1) is 0 Å². The summed E-state index contributed by atoms with van der Waals surface area (Å²) in [5, 5.41) is 0. The Morgan fingerprint density at radius 2 is 1.70 bits per heavy atom. The van der Waals surface area contributed by atoms with Crippen LogP contribution < -0.4 is 0 Å². The van der Waals surface area contributed by atoms with Crippen molar-refractivity contribution in [1.29, 1.82) is 0 Å². The highest BCUT2D eigenvalue weighted by molar-refractivity contribution is 5.84. The number of amides is 1. The van der Waals surface area contributed by atoms with Crippen molar-refractivity contribution in [3.05, 3.63) is 0 Å². The monoisotopic (exact) mass is 329 g/mol. The van der Waals surface area contributed by atoms with Gasteiger partial charge in [0.2, 0.25) is 0 Å². The molecule has 7 heteroatoms. The SMILES string of the molecule is CCOC(=O)C1(CC(=O)OC)CCN(C(=O)OC(C)(C)C)CC1. The van der Waals surface area contributed by atoms with Gasteiger partial charge in [-0.1, -0.05) is 0 Å². The third-order valence-electron chi connectivity index (χ3n) is 3.79.